The minimum atomic E-state index is -0.136. The van der Waals surface area contributed by atoms with Gasteiger partial charge in [0, 0.05) is 37.1 Å². The van der Waals surface area contributed by atoms with Gasteiger partial charge in [-0.15, -0.1) is 0 Å². The van der Waals surface area contributed by atoms with Crippen molar-refractivity contribution in [2.24, 2.45) is 0 Å². The van der Waals surface area contributed by atoms with Crippen LogP contribution in [0.25, 0.3) is 16.6 Å². The maximum absolute atomic E-state index is 13.0. The number of carbonyl (C=O) groups is 1. The molecule has 1 atom stereocenters. The lowest BCUT2D eigenvalue weighted by atomic mass is 10.1. The number of aromatic nitrogens is 4. The van der Waals surface area contributed by atoms with E-state index in [0.717, 1.165) is 19.4 Å². The van der Waals surface area contributed by atoms with Gasteiger partial charge >= 0.3 is 0 Å². The van der Waals surface area contributed by atoms with Gasteiger partial charge in [-0.1, -0.05) is 12.1 Å². The van der Waals surface area contributed by atoms with E-state index in [-0.39, 0.29) is 17.5 Å². The number of anilines is 1. The highest BCUT2D eigenvalue weighted by Gasteiger charge is 2.23. The number of piperidine rings is 1. The molecular weight excluding hydrogens is 416 g/mol. The van der Waals surface area contributed by atoms with Gasteiger partial charge in [-0.2, -0.15) is 0 Å². The number of para-hydroxylation sites is 1. The third kappa shape index (κ3) is 4.19. The largest absolute Gasteiger partial charge is 0.348 e. The van der Waals surface area contributed by atoms with Crippen LogP contribution in [-0.4, -0.2) is 44.6 Å². The van der Waals surface area contributed by atoms with E-state index in [2.05, 4.69) is 25.2 Å². The van der Waals surface area contributed by atoms with Crippen LogP contribution < -0.4 is 15.8 Å². The maximum atomic E-state index is 13.0. The number of benzene rings is 2. The number of hydrogen-bond acceptors (Lipinski definition) is 6. The fourth-order valence-corrected chi connectivity index (χ4v) is 4.31. The molecule has 1 fully saturated rings. The van der Waals surface area contributed by atoms with Crippen LogP contribution in [0.3, 0.4) is 0 Å². The summed E-state index contributed by atoms with van der Waals surface area (Å²) in [4.78, 5) is 41.2. The molecule has 3 heterocycles. The summed E-state index contributed by atoms with van der Waals surface area (Å²) in [5.41, 5.74) is 1.78. The molecular formula is C25H24N6O2. The summed E-state index contributed by atoms with van der Waals surface area (Å²) in [5, 5.41) is 3.69. The van der Waals surface area contributed by atoms with Crippen LogP contribution in [-0.2, 0) is 0 Å². The smallest absolute Gasteiger partial charge is 0.265 e. The van der Waals surface area contributed by atoms with Gasteiger partial charge in [-0.3, -0.25) is 14.2 Å². The van der Waals surface area contributed by atoms with Crippen molar-refractivity contribution in [1.82, 2.24) is 24.8 Å². The Morgan fingerprint density at radius 3 is 2.58 bits per heavy atom. The summed E-state index contributed by atoms with van der Waals surface area (Å²) in [6.07, 6.45) is 5.32. The van der Waals surface area contributed by atoms with Crippen LogP contribution in [0.15, 0.2) is 71.8 Å². The molecule has 2 aromatic carbocycles. The molecule has 4 aromatic rings. The van der Waals surface area contributed by atoms with Crippen LogP contribution in [0.1, 0.15) is 29.0 Å². The molecule has 0 spiro atoms. The molecule has 0 bridgehead atoms. The summed E-state index contributed by atoms with van der Waals surface area (Å²) in [6, 6.07) is 16.2. The van der Waals surface area contributed by atoms with Crippen molar-refractivity contribution in [1.29, 1.82) is 0 Å². The average Bonchev–Trinajstić information content (AvgIpc) is 2.85. The number of amides is 1. The van der Waals surface area contributed by atoms with E-state index in [9.17, 15) is 9.59 Å². The minimum Gasteiger partial charge on any atom is -0.348 e. The zero-order valence-corrected chi connectivity index (χ0v) is 18.3. The van der Waals surface area contributed by atoms with E-state index in [4.69, 9.17) is 0 Å². The van der Waals surface area contributed by atoms with Gasteiger partial charge in [0.25, 0.3) is 11.5 Å². The molecule has 0 saturated carbocycles. The van der Waals surface area contributed by atoms with Crippen LogP contribution >= 0.6 is 0 Å². The molecule has 33 heavy (non-hydrogen) atoms. The average molecular weight is 441 g/mol. The third-order valence-corrected chi connectivity index (χ3v) is 5.92. The summed E-state index contributed by atoms with van der Waals surface area (Å²) in [7, 11) is 0. The van der Waals surface area contributed by atoms with Crippen LogP contribution in [0.4, 0.5) is 5.95 Å². The molecule has 1 N–H and O–H groups in total. The van der Waals surface area contributed by atoms with Crippen molar-refractivity contribution < 1.29 is 4.79 Å². The fraction of sp³-hybridized carbons (Fsp3) is 0.240. The summed E-state index contributed by atoms with van der Waals surface area (Å²) in [6.45, 7) is 3.35. The molecule has 2 aromatic heterocycles. The summed E-state index contributed by atoms with van der Waals surface area (Å²) in [5.74, 6) is 1.15. The van der Waals surface area contributed by atoms with Gasteiger partial charge in [-0.05, 0) is 62.2 Å². The topological polar surface area (TPSA) is 93.0 Å². The molecule has 1 unspecified atom stereocenters. The lowest BCUT2D eigenvalue weighted by Crippen LogP contribution is -2.48. The second-order valence-electron chi connectivity index (χ2n) is 8.17. The van der Waals surface area contributed by atoms with E-state index in [1.807, 2.05) is 18.2 Å². The van der Waals surface area contributed by atoms with E-state index >= 15 is 0 Å². The molecule has 8 heteroatoms. The third-order valence-electron chi connectivity index (χ3n) is 5.92. The predicted molar refractivity (Wildman–Crippen MR) is 127 cm³/mol. The molecule has 1 aliphatic rings. The zero-order chi connectivity index (χ0) is 22.8. The quantitative estimate of drug-likeness (QED) is 0.525. The number of aryl methyl sites for hydroxylation is 1. The number of fused-ring (bicyclic) bond motifs is 1. The van der Waals surface area contributed by atoms with E-state index < -0.39 is 0 Å². The Kier molecular flexibility index (Phi) is 5.56. The number of rotatable bonds is 4. The molecule has 1 amide bonds. The van der Waals surface area contributed by atoms with Gasteiger partial charge in [0.1, 0.15) is 5.82 Å². The van der Waals surface area contributed by atoms with Gasteiger partial charge in [0.15, 0.2) is 0 Å². The van der Waals surface area contributed by atoms with Crippen molar-refractivity contribution in [3.05, 3.63) is 88.7 Å². The number of nitrogens with one attached hydrogen (secondary N) is 1. The highest BCUT2D eigenvalue weighted by molar-refractivity contribution is 5.94. The Balaban J connectivity index is 1.32. The van der Waals surface area contributed by atoms with E-state index in [0.29, 0.717) is 40.5 Å². The van der Waals surface area contributed by atoms with Gasteiger partial charge in [0.05, 0.1) is 16.6 Å². The van der Waals surface area contributed by atoms with Gasteiger partial charge < -0.3 is 10.2 Å². The van der Waals surface area contributed by atoms with E-state index in [1.165, 1.54) is 0 Å². The Hall–Kier alpha value is -4.07. The van der Waals surface area contributed by atoms with Crippen LogP contribution in [0.2, 0.25) is 0 Å². The molecule has 1 saturated heterocycles. The monoisotopic (exact) mass is 440 g/mol. The van der Waals surface area contributed by atoms with E-state index in [1.54, 1.807) is 60.3 Å². The summed E-state index contributed by atoms with van der Waals surface area (Å²) < 4.78 is 1.57. The first kappa shape index (κ1) is 20.8. The first-order valence-corrected chi connectivity index (χ1v) is 11.0. The Morgan fingerprint density at radius 1 is 1.03 bits per heavy atom. The molecule has 8 nitrogen and oxygen atoms in total. The van der Waals surface area contributed by atoms with Gasteiger partial charge in [0.2, 0.25) is 5.95 Å². The first-order chi connectivity index (χ1) is 16.1. The van der Waals surface area contributed by atoms with Crippen LogP contribution in [0, 0.1) is 6.92 Å². The predicted octanol–water partition coefficient (Wildman–Crippen LogP) is 2.88. The molecule has 0 aliphatic carbocycles. The minimum absolute atomic E-state index is 0.0179. The fourth-order valence-electron chi connectivity index (χ4n) is 4.31. The highest BCUT2D eigenvalue weighted by atomic mass is 16.1. The first-order valence-electron chi connectivity index (χ1n) is 11.0. The Bertz CT molecular complexity index is 1350. The standard InChI is InChI=1S/C25H24N6O2/c1-17-28-22-8-3-2-7-21(22)24(33)31(17)20-11-9-18(10-12-20)23(32)29-19-6-4-15-30(16-19)25-26-13-5-14-27-25/h2-3,5,7-14,19H,4,6,15-16H2,1H3,(H,29,32). The molecule has 0 radical (unpaired) electrons. The van der Waals surface area contributed by atoms with Crippen molar-refractivity contribution in [3.63, 3.8) is 0 Å². The highest BCUT2D eigenvalue weighted by Crippen LogP contribution is 2.17. The van der Waals surface area contributed by atoms with Crippen molar-refractivity contribution in [2.75, 3.05) is 18.0 Å². The number of nitrogens with zero attached hydrogens (tertiary/aromatic N) is 5. The van der Waals surface area contributed by atoms with Crippen LogP contribution in [0.5, 0.6) is 0 Å². The van der Waals surface area contributed by atoms with Crippen molar-refractivity contribution >= 4 is 22.8 Å². The number of carbonyl (C=O) groups excluding carboxylic acids is 1. The van der Waals surface area contributed by atoms with Crippen molar-refractivity contribution in [3.8, 4) is 5.69 Å². The Labute approximate surface area is 190 Å². The maximum Gasteiger partial charge on any atom is 0.265 e. The van der Waals surface area contributed by atoms with Crippen molar-refractivity contribution in [2.45, 2.75) is 25.8 Å². The molecule has 1 aliphatic heterocycles. The SMILES string of the molecule is Cc1nc2ccccc2c(=O)n1-c1ccc(C(=O)NC2CCCN(c3ncccn3)C2)cc1. The molecule has 5 rings (SSSR count). The zero-order valence-electron chi connectivity index (χ0n) is 18.3. The Morgan fingerprint density at radius 2 is 1.79 bits per heavy atom. The normalized spacial score (nSPS) is 16.0. The lowest BCUT2D eigenvalue weighted by Gasteiger charge is -2.33. The van der Waals surface area contributed by atoms with Gasteiger partial charge in [-0.25, -0.2) is 15.0 Å². The lowest BCUT2D eigenvalue weighted by molar-refractivity contribution is 0.0933. The second kappa shape index (κ2) is 8.82. The number of hydrogen-bond donors (Lipinski definition) is 1. The summed E-state index contributed by atoms with van der Waals surface area (Å²) >= 11 is 0. The second-order valence-corrected chi connectivity index (χ2v) is 8.17. The molecule has 166 valence electrons.